The van der Waals surface area contributed by atoms with Crippen LogP contribution in [0.2, 0.25) is 0 Å². The second kappa shape index (κ2) is 8.29. The number of likely N-dealkylation sites (tertiary alicyclic amines) is 1. The first kappa shape index (κ1) is 19.2. The highest BCUT2D eigenvalue weighted by atomic mass is 16.5. The summed E-state index contributed by atoms with van der Waals surface area (Å²) < 4.78 is 5.43. The molecule has 2 amide bonds. The summed E-state index contributed by atoms with van der Waals surface area (Å²) in [6, 6.07) is 0. The number of rotatable bonds is 6. The third-order valence-corrected chi connectivity index (χ3v) is 4.75. The highest BCUT2D eigenvalue weighted by Gasteiger charge is 2.29. The number of nitrogens with zero attached hydrogens (tertiary/aromatic N) is 3. The van der Waals surface area contributed by atoms with Gasteiger partial charge in [0.25, 0.3) is 0 Å². The summed E-state index contributed by atoms with van der Waals surface area (Å²) in [7, 11) is 3.44. The Morgan fingerprint density at radius 2 is 2.16 bits per heavy atom. The first-order valence-electron chi connectivity index (χ1n) is 8.58. The third-order valence-electron chi connectivity index (χ3n) is 4.75. The normalized spacial score (nSPS) is 18.0. The van der Waals surface area contributed by atoms with E-state index in [9.17, 15) is 9.59 Å². The van der Waals surface area contributed by atoms with Gasteiger partial charge in [-0.1, -0.05) is 0 Å². The van der Waals surface area contributed by atoms with E-state index < -0.39 is 0 Å². The monoisotopic (exact) mass is 348 g/mol. The molecule has 1 atom stereocenters. The molecule has 1 aliphatic heterocycles. The minimum atomic E-state index is -0.354. The molecule has 1 aromatic heterocycles. The van der Waals surface area contributed by atoms with E-state index in [2.05, 4.69) is 4.98 Å². The number of ether oxygens (including phenoxy) is 1. The van der Waals surface area contributed by atoms with Crippen LogP contribution in [0.3, 0.4) is 0 Å². The van der Waals surface area contributed by atoms with Gasteiger partial charge in [0, 0.05) is 30.9 Å². The van der Waals surface area contributed by atoms with Gasteiger partial charge in [-0.15, -0.1) is 0 Å². The van der Waals surface area contributed by atoms with Crippen molar-refractivity contribution in [3.8, 4) is 5.75 Å². The fraction of sp³-hybridized carbons (Fsp3) is 0.611. The van der Waals surface area contributed by atoms with Crippen molar-refractivity contribution in [2.45, 2.75) is 33.2 Å². The predicted octanol–water partition coefficient (Wildman–Crippen LogP) is 0.863. The van der Waals surface area contributed by atoms with Crippen LogP contribution >= 0.6 is 0 Å². The second-order valence-electron chi connectivity index (χ2n) is 6.78. The third kappa shape index (κ3) is 4.69. The minimum Gasteiger partial charge on any atom is -0.496 e. The molecule has 1 aliphatic rings. The van der Waals surface area contributed by atoms with Crippen LogP contribution in [0.1, 0.15) is 29.7 Å². The number of amides is 2. The van der Waals surface area contributed by atoms with Crippen molar-refractivity contribution in [1.29, 1.82) is 0 Å². The summed E-state index contributed by atoms with van der Waals surface area (Å²) in [5.74, 6) is 0.435. The first-order valence-corrected chi connectivity index (χ1v) is 8.58. The molecule has 138 valence electrons. The zero-order valence-electron chi connectivity index (χ0n) is 15.5. The van der Waals surface area contributed by atoms with E-state index in [1.165, 1.54) is 0 Å². The summed E-state index contributed by atoms with van der Waals surface area (Å²) in [5, 5.41) is 0. The van der Waals surface area contributed by atoms with E-state index in [4.69, 9.17) is 10.5 Å². The predicted molar refractivity (Wildman–Crippen MR) is 95.1 cm³/mol. The molecule has 2 N–H and O–H groups in total. The van der Waals surface area contributed by atoms with Gasteiger partial charge in [-0.2, -0.15) is 0 Å². The molecule has 0 aromatic carbocycles. The molecule has 1 unspecified atom stereocenters. The number of hydrogen-bond acceptors (Lipinski definition) is 5. The lowest BCUT2D eigenvalue weighted by atomic mass is 9.96. The molecule has 7 heteroatoms. The molecule has 0 spiro atoms. The maximum Gasteiger partial charge on any atom is 0.231 e. The quantitative estimate of drug-likeness (QED) is 0.824. The van der Waals surface area contributed by atoms with E-state index in [0.717, 1.165) is 42.0 Å². The number of hydrogen-bond donors (Lipinski definition) is 1. The van der Waals surface area contributed by atoms with Crippen molar-refractivity contribution in [1.82, 2.24) is 14.8 Å². The summed E-state index contributed by atoms with van der Waals surface area (Å²) in [4.78, 5) is 32.0. The molecule has 0 bridgehead atoms. The average Bonchev–Trinajstić information content (AvgIpc) is 2.57. The average molecular weight is 348 g/mol. The Morgan fingerprint density at radius 3 is 2.80 bits per heavy atom. The number of nitrogens with two attached hydrogens (primary N) is 1. The lowest BCUT2D eigenvalue weighted by molar-refractivity contribution is -0.137. The van der Waals surface area contributed by atoms with Gasteiger partial charge in [-0.05, 0) is 33.2 Å². The number of methoxy groups -OCH3 is 1. The van der Waals surface area contributed by atoms with Crippen LogP contribution in [0.15, 0.2) is 6.20 Å². The summed E-state index contributed by atoms with van der Waals surface area (Å²) >= 11 is 0. The number of piperidine rings is 1. The van der Waals surface area contributed by atoms with Gasteiger partial charge in [0.15, 0.2) is 0 Å². The molecular formula is C18H28N4O3. The molecule has 2 rings (SSSR count). The Morgan fingerprint density at radius 1 is 1.44 bits per heavy atom. The van der Waals surface area contributed by atoms with Gasteiger partial charge in [0.2, 0.25) is 11.8 Å². The molecular weight excluding hydrogens is 320 g/mol. The second-order valence-corrected chi connectivity index (χ2v) is 6.78. The largest absolute Gasteiger partial charge is 0.496 e. The van der Waals surface area contributed by atoms with E-state index in [1.807, 2.05) is 18.7 Å². The Hall–Kier alpha value is -2.15. The molecule has 25 heavy (non-hydrogen) atoms. The maximum absolute atomic E-state index is 12.8. The SMILES string of the molecule is COc1c(C)cnc(CN(C)C(=O)C2CCCN(CC(N)=O)C2)c1C. The molecule has 0 aliphatic carbocycles. The minimum absolute atomic E-state index is 0.0786. The first-order chi connectivity index (χ1) is 11.8. The fourth-order valence-electron chi connectivity index (χ4n) is 3.47. The highest BCUT2D eigenvalue weighted by Crippen LogP contribution is 2.25. The van der Waals surface area contributed by atoms with Crippen molar-refractivity contribution in [3.05, 3.63) is 23.0 Å². The van der Waals surface area contributed by atoms with Gasteiger partial charge in [-0.25, -0.2) is 0 Å². The van der Waals surface area contributed by atoms with Crippen LogP contribution in [-0.4, -0.2) is 60.4 Å². The molecule has 7 nitrogen and oxygen atoms in total. The Labute approximate surface area is 149 Å². The van der Waals surface area contributed by atoms with E-state index in [0.29, 0.717) is 13.1 Å². The topological polar surface area (TPSA) is 88.8 Å². The van der Waals surface area contributed by atoms with Crippen LogP contribution < -0.4 is 10.5 Å². The molecule has 0 saturated carbocycles. The van der Waals surface area contributed by atoms with Crippen molar-refractivity contribution in [2.24, 2.45) is 11.7 Å². The lowest BCUT2D eigenvalue weighted by Crippen LogP contribution is -2.46. The van der Waals surface area contributed by atoms with E-state index >= 15 is 0 Å². The van der Waals surface area contributed by atoms with Crippen molar-refractivity contribution in [3.63, 3.8) is 0 Å². The summed E-state index contributed by atoms with van der Waals surface area (Å²) in [6.07, 6.45) is 3.50. The summed E-state index contributed by atoms with van der Waals surface area (Å²) in [5.41, 5.74) is 8.04. The maximum atomic E-state index is 12.8. The zero-order chi connectivity index (χ0) is 18.6. The number of carbonyl (C=O) groups is 2. The van der Waals surface area contributed by atoms with E-state index in [1.54, 1.807) is 25.3 Å². The number of aryl methyl sites for hydroxylation is 1. The number of primary amides is 1. The Kier molecular flexibility index (Phi) is 6.36. The van der Waals surface area contributed by atoms with E-state index in [-0.39, 0.29) is 24.3 Å². The highest BCUT2D eigenvalue weighted by molar-refractivity contribution is 5.79. The van der Waals surface area contributed by atoms with Crippen LogP contribution in [-0.2, 0) is 16.1 Å². The standard InChI is InChI=1S/C18H28N4O3/c1-12-8-20-15(13(2)17(12)25-4)10-21(3)18(24)14-6-5-7-22(9-14)11-16(19)23/h8,14H,5-7,9-11H2,1-4H3,(H2,19,23). The lowest BCUT2D eigenvalue weighted by Gasteiger charge is -2.33. The Bertz CT molecular complexity index is 647. The number of carbonyl (C=O) groups excluding carboxylic acids is 2. The number of aromatic nitrogens is 1. The van der Waals surface area contributed by atoms with Crippen LogP contribution in [0.25, 0.3) is 0 Å². The zero-order valence-corrected chi connectivity index (χ0v) is 15.5. The van der Waals surface area contributed by atoms with Crippen LogP contribution in [0, 0.1) is 19.8 Å². The fourth-order valence-corrected chi connectivity index (χ4v) is 3.47. The van der Waals surface area contributed by atoms with Gasteiger partial charge in [-0.3, -0.25) is 19.5 Å². The smallest absolute Gasteiger partial charge is 0.231 e. The van der Waals surface area contributed by atoms with Gasteiger partial charge < -0.3 is 15.4 Å². The van der Waals surface area contributed by atoms with Gasteiger partial charge in [0.05, 0.1) is 31.8 Å². The molecule has 1 aromatic rings. The van der Waals surface area contributed by atoms with Gasteiger partial charge >= 0.3 is 0 Å². The molecule has 1 saturated heterocycles. The van der Waals surface area contributed by atoms with Gasteiger partial charge in [0.1, 0.15) is 5.75 Å². The molecule has 2 heterocycles. The van der Waals surface area contributed by atoms with Crippen molar-refractivity contribution in [2.75, 3.05) is 33.8 Å². The van der Waals surface area contributed by atoms with Crippen LogP contribution in [0.4, 0.5) is 0 Å². The molecule has 1 fully saturated rings. The molecule has 0 radical (unpaired) electrons. The van der Waals surface area contributed by atoms with Crippen molar-refractivity contribution < 1.29 is 14.3 Å². The number of pyridine rings is 1. The Balaban J connectivity index is 2.04. The summed E-state index contributed by atoms with van der Waals surface area (Å²) in [6.45, 7) is 5.95. The van der Waals surface area contributed by atoms with Crippen molar-refractivity contribution >= 4 is 11.8 Å². The van der Waals surface area contributed by atoms with Crippen LogP contribution in [0.5, 0.6) is 5.75 Å².